The molecule has 2 unspecified atom stereocenters. The summed E-state index contributed by atoms with van der Waals surface area (Å²) in [5, 5.41) is 23.4. The second kappa shape index (κ2) is 6.91. The van der Waals surface area contributed by atoms with Crippen molar-refractivity contribution in [3.05, 3.63) is 27.5 Å². The number of fused-ring (bicyclic) bond motifs is 1. The number of carbonyl (C=O) groups is 1. The molecule has 0 spiro atoms. The lowest BCUT2D eigenvalue weighted by Gasteiger charge is -2.13. The van der Waals surface area contributed by atoms with Gasteiger partial charge in [-0.1, -0.05) is 0 Å². The van der Waals surface area contributed by atoms with Crippen LogP contribution in [0.15, 0.2) is 18.2 Å². The van der Waals surface area contributed by atoms with E-state index in [2.05, 4.69) is 43.4 Å². The fourth-order valence-electron chi connectivity index (χ4n) is 2.39. The van der Waals surface area contributed by atoms with Crippen molar-refractivity contribution in [3.63, 3.8) is 0 Å². The minimum atomic E-state index is -0.396. The van der Waals surface area contributed by atoms with Crippen LogP contribution in [0.3, 0.4) is 0 Å². The number of hydrogen-bond acceptors (Lipinski definition) is 4. The Kier molecular flexibility index (Phi) is 5.42. The zero-order valence-corrected chi connectivity index (χ0v) is 14.1. The molecular formula is C13H16ClIN4O2. The largest absolute Gasteiger partial charge is 0.391 e. The fraction of sp³-hybridized carbons (Fsp3) is 0.385. The number of hydrogen-bond donors (Lipinski definition) is 4. The van der Waals surface area contributed by atoms with Gasteiger partial charge in [-0.3, -0.25) is 9.89 Å². The van der Waals surface area contributed by atoms with Gasteiger partial charge in [-0.05, 0) is 40.8 Å². The van der Waals surface area contributed by atoms with E-state index < -0.39 is 6.10 Å². The van der Waals surface area contributed by atoms with Crippen LogP contribution in [0, 0.1) is 9.49 Å². The van der Waals surface area contributed by atoms with Gasteiger partial charge in [0.05, 0.1) is 11.6 Å². The van der Waals surface area contributed by atoms with Crippen LogP contribution in [0.4, 0.5) is 0 Å². The molecule has 21 heavy (non-hydrogen) atoms. The topological polar surface area (TPSA) is 90.0 Å². The smallest absolute Gasteiger partial charge is 0.272 e. The number of aromatic nitrogens is 2. The summed E-state index contributed by atoms with van der Waals surface area (Å²) in [6.07, 6.45) is -0.396. The molecule has 0 radical (unpaired) electrons. The van der Waals surface area contributed by atoms with E-state index in [4.69, 9.17) is 0 Å². The van der Waals surface area contributed by atoms with Gasteiger partial charge in [-0.25, -0.2) is 0 Å². The minimum Gasteiger partial charge on any atom is -0.391 e. The SMILES string of the molecule is Cl.O=C(NCC1CNCC1O)c1n[nH]c2ccc(I)cc12. The number of aromatic amines is 1. The standard InChI is InChI=1S/C13H15IN4O2.ClH/c14-8-1-2-10-9(3-8)12(18-17-10)13(20)16-5-7-4-15-6-11(7)19;/h1-3,7,11,15,19H,4-6H2,(H,16,20)(H,17,18);1H. The molecule has 2 heterocycles. The van der Waals surface area contributed by atoms with Gasteiger partial charge in [0.2, 0.25) is 0 Å². The highest BCUT2D eigenvalue weighted by Crippen LogP contribution is 2.19. The van der Waals surface area contributed by atoms with E-state index in [9.17, 15) is 9.90 Å². The molecule has 8 heteroatoms. The maximum absolute atomic E-state index is 12.2. The van der Waals surface area contributed by atoms with Gasteiger partial charge in [-0.15, -0.1) is 12.4 Å². The van der Waals surface area contributed by atoms with Crippen LogP contribution in [0.5, 0.6) is 0 Å². The fourth-order valence-corrected chi connectivity index (χ4v) is 2.89. The molecule has 2 aromatic rings. The van der Waals surface area contributed by atoms with Crippen LogP contribution < -0.4 is 10.6 Å². The zero-order chi connectivity index (χ0) is 14.1. The molecule has 4 N–H and O–H groups in total. The Hall–Kier alpha value is -0.900. The summed E-state index contributed by atoms with van der Waals surface area (Å²) in [5.74, 6) is -0.151. The lowest BCUT2D eigenvalue weighted by molar-refractivity contribution is 0.0923. The minimum absolute atomic E-state index is 0. The van der Waals surface area contributed by atoms with E-state index in [1.807, 2.05) is 18.2 Å². The van der Waals surface area contributed by atoms with E-state index in [-0.39, 0.29) is 24.2 Å². The number of amides is 1. The summed E-state index contributed by atoms with van der Waals surface area (Å²) < 4.78 is 1.06. The monoisotopic (exact) mass is 422 g/mol. The summed E-state index contributed by atoms with van der Waals surface area (Å²) in [7, 11) is 0. The molecule has 3 rings (SSSR count). The second-order valence-electron chi connectivity index (χ2n) is 4.96. The molecular weight excluding hydrogens is 407 g/mol. The van der Waals surface area contributed by atoms with Gasteiger partial charge < -0.3 is 15.7 Å². The lowest BCUT2D eigenvalue weighted by atomic mass is 10.1. The van der Waals surface area contributed by atoms with Gasteiger partial charge in [-0.2, -0.15) is 5.10 Å². The number of halogens is 2. The van der Waals surface area contributed by atoms with E-state index in [0.29, 0.717) is 18.8 Å². The van der Waals surface area contributed by atoms with Crippen molar-refractivity contribution >= 4 is 51.8 Å². The van der Waals surface area contributed by atoms with Crippen molar-refractivity contribution in [3.8, 4) is 0 Å². The Labute approximate surface area is 141 Å². The van der Waals surface area contributed by atoms with E-state index in [1.165, 1.54) is 0 Å². The van der Waals surface area contributed by atoms with E-state index in [0.717, 1.165) is 21.0 Å². The number of rotatable bonds is 3. The maximum atomic E-state index is 12.2. The molecule has 1 amide bonds. The zero-order valence-electron chi connectivity index (χ0n) is 11.1. The summed E-state index contributed by atoms with van der Waals surface area (Å²) in [6, 6.07) is 5.80. The summed E-state index contributed by atoms with van der Waals surface area (Å²) in [5.41, 5.74) is 1.25. The van der Waals surface area contributed by atoms with Crippen LogP contribution in [0.25, 0.3) is 10.9 Å². The van der Waals surface area contributed by atoms with Gasteiger partial charge in [0.1, 0.15) is 0 Å². The summed E-state index contributed by atoms with van der Waals surface area (Å²) in [6.45, 7) is 1.76. The predicted molar refractivity (Wildman–Crippen MR) is 90.8 cm³/mol. The number of nitrogens with zero attached hydrogens (tertiary/aromatic N) is 1. The third kappa shape index (κ3) is 3.47. The molecule has 0 saturated carbocycles. The molecule has 2 atom stereocenters. The number of H-pyrrole nitrogens is 1. The Balaban J connectivity index is 0.00000161. The van der Waals surface area contributed by atoms with Gasteiger partial charge in [0.25, 0.3) is 5.91 Å². The first kappa shape index (κ1) is 16.5. The molecule has 1 aromatic heterocycles. The first-order valence-corrected chi connectivity index (χ1v) is 7.53. The molecule has 6 nitrogen and oxygen atoms in total. The van der Waals surface area contributed by atoms with Crippen LogP contribution in [-0.4, -0.2) is 46.9 Å². The van der Waals surface area contributed by atoms with Crippen molar-refractivity contribution in [1.29, 1.82) is 0 Å². The number of β-amino-alcohol motifs (C(OH)–C–C–N with tert-alkyl or cyclic N) is 1. The first-order valence-electron chi connectivity index (χ1n) is 6.46. The molecule has 0 aliphatic carbocycles. The Morgan fingerprint density at radius 2 is 2.29 bits per heavy atom. The number of aliphatic hydroxyl groups is 1. The van der Waals surface area contributed by atoms with E-state index >= 15 is 0 Å². The van der Waals surface area contributed by atoms with Crippen LogP contribution in [0.1, 0.15) is 10.5 Å². The highest BCUT2D eigenvalue weighted by molar-refractivity contribution is 14.1. The third-order valence-electron chi connectivity index (χ3n) is 3.57. The number of carbonyl (C=O) groups excluding carboxylic acids is 1. The highest BCUT2D eigenvalue weighted by atomic mass is 127. The average Bonchev–Trinajstić information content (AvgIpc) is 3.02. The summed E-state index contributed by atoms with van der Waals surface area (Å²) in [4.78, 5) is 12.2. The molecule has 1 aliphatic rings. The normalized spacial score (nSPS) is 21.2. The van der Waals surface area contributed by atoms with Crippen LogP contribution in [-0.2, 0) is 0 Å². The van der Waals surface area contributed by atoms with Crippen LogP contribution in [0.2, 0.25) is 0 Å². The van der Waals surface area contributed by atoms with Gasteiger partial charge in [0, 0.05) is 34.5 Å². The molecule has 114 valence electrons. The van der Waals surface area contributed by atoms with Crippen molar-refractivity contribution in [1.82, 2.24) is 20.8 Å². The Morgan fingerprint density at radius 3 is 3.00 bits per heavy atom. The highest BCUT2D eigenvalue weighted by Gasteiger charge is 2.25. The number of benzene rings is 1. The van der Waals surface area contributed by atoms with E-state index in [1.54, 1.807) is 0 Å². The van der Waals surface area contributed by atoms with Crippen molar-refractivity contribution in [2.45, 2.75) is 6.10 Å². The molecule has 1 aromatic carbocycles. The molecule has 1 fully saturated rings. The average molecular weight is 423 g/mol. The van der Waals surface area contributed by atoms with Gasteiger partial charge in [0.15, 0.2) is 5.69 Å². The maximum Gasteiger partial charge on any atom is 0.272 e. The predicted octanol–water partition coefficient (Wildman–Crippen LogP) is 0.899. The van der Waals surface area contributed by atoms with Crippen molar-refractivity contribution in [2.75, 3.05) is 19.6 Å². The molecule has 1 saturated heterocycles. The quantitative estimate of drug-likeness (QED) is 0.553. The Bertz CT molecular complexity index is 648. The first-order chi connectivity index (χ1) is 9.65. The summed E-state index contributed by atoms with van der Waals surface area (Å²) >= 11 is 2.21. The number of aliphatic hydroxyl groups excluding tert-OH is 1. The second-order valence-corrected chi connectivity index (χ2v) is 6.20. The van der Waals surface area contributed by atoms with Crippen LogP contribution >= 0.6 is 35.0 Å². The molecule has 1 aliphatic heterocycles. The van der Waals surface area contributed by atoms with Crippen molar-refractivity contribution in [2.24, 2.45) is 5.92 Å². The Morgan fingerprint density at radius 1 is 1.48 bits per heavy atom. The lowest BCUT2D eigenvalue weighted by Crippen LogP contribution is -2.34. The van der Waals surface area contributed by atoms with Crippen molar-refractivity contribution < 1.29 is 9.90 Å². The third-order valence-corrected chi connectivity index (χ3v) is 4.24. The van der Waals surface area contributed by atoms with Gasteiger partial charge >= 0.3 is 0 Å². The number of nitrogens with one attached hydrogen (secondary N) is 3. The molecule has 0 bridgehead atoms.